The number of nitrogens with zero attached hydrogens (tertiary/aromatic N) is 3. The fourth-order valence-corrected chi connectivity index (χ4v) is 4.04. The molecule has 7 heteroatoms. The Kier molecular flexibility index (Phi) is 2.61. The van der Waals surface area contributed by atoms with Gasteiger partial charge in [-0.25, -0.2) is 9.61 Å². The summed E-state index contributed by atoms with van der Waals surface area (Å²) in [6.45, 7) is 0. The molecule has 4 aromatic rings. The van der Waals surface area contributed by atoms with Gasteiger partial charge in [-0.2, -0.15) is 0 Å². The molecule has 2 aromatic carbocycles. The summed E-state index contributed by atoms with van der Waals surface area (Å²) in [6.07, 6.45) is 0. The first kappa shape index (κ1) is 11.7. The molecule has 0 saturated carbocycles. The van der Waals surface area contributed by atoms with Gasteiger partial charge in [0.05, 0.1) is 15.9 Å². The molecule has 0 amide bonds. The highest BCUT2D eigenvalue weighted by Gasteiger charge is 2.13. The molecular weight excluding hydrogens is 292 g/mol. The van der Waals surface area contributed by atoms with Crippen LogP contribution in [-0.4, -0.2) is 15.3 Å². The van der Waals surface area contributed by atoms with Crippen LogP contribution in [0.3, 0.4) is 0 Å². The standard InChI is InChI=1S/C13H8N4OS2/c14-7-5-6-10(12-11(7)16-18-17-12)20-13-15-8-3-1-2-4-9(8)19-13/h1-6H,14H2. The average molecular weight is 300 g/mol. The maximum Gasteiger partial charge on any atom is 0.159 e. The lowest BCUT2D eigenvalue weighted by atomic mass is 10.3. The van der Waals surface area contributed by atoms with E-state index >= 15 is 0 Å². The number of benzene rings is 2. The lowest BCUT2D eigenvalue weighted by molar-refractivity contribution is 0.315. The van der Waals surface area contributed by atoms with Crippen molar-refractivity contribution in [3.8, 4) is 0 Å². The fourth-order valence-electron chi connectivity index (χ4n) is 1.93. The van der Waals surface area contributed by atoms with Crippen molar-refractivity contribution in [2.75, 3.05) is 5.73 Å². The van der Waals surface area contributed by atoms with Gasteiger partial charge >= 0.3 is 0 Å². The summed E-state index contributed by atoms with van der Waals surface area (Å²) in [7, 11) is 0. The van der Waals surface area contributed by atoms with E-state index in [4.69, 9.17) is 10.4 Å². The molecule has 2 aromatic heterocycles. The van der Waals surface area contributed by atoms with Crippen molar-refractivity contribution < 1.29 is 4.63 Å². The van der Waals surface area contributed by atoms with E-state index in [9.17, 15) is 0 Å². The number of aromatic nitrogens is 3. The van der Waals surface area contributed by atoms with Crippen LogP contribution in [0, 0.1) is 0 Å². The molecule has 2 N–H and O–H groups in total. The monoisotopic (exact) mass is 300 g/mol. The van der Waals surface area contributed by atoms with Gasteiger partial charge in [0.25, 0.3) is 0 Å². The van der Waals surface area contributed by atoms with Crippen molar-refractivity contribution in [3.63, 3.8) is 0 Å². The third-order valence-corrected chi connectivity index (χ3v) is 5.03. The summed E-state index contributed by atoms with van der Waals surface area (Å²) in [5, 5.41) is 7.74. The molecule has 5 nitrogen and oxygen atoms in total. The molecular formula is C13H8N4OS2. The molecule has 0 aliphatic heterocycles. The summed E-state index contributed by atoms with van der Waals surface area (Å²) < 4.78 is 6.90. The Morgan fingerprint density at radius 2 is 1.90 bits per heavy atom. The van der Waals surface area contributed by atoms with Crippen LogP contribution in [0.4, 0.5) is 5.69 Å². The molecule has 0 atom stereocenters. The maximum atomic E-state index is 5.84. The number of anilines is 1. The van der Waals surface area contributed by atoms with Crippen LogP contribution >= 0.6 is 23.1 Å². The normalized spacial score (nSPS) is 11.4. The van der Waals surface area contributed by atoms with Gasteiger partial charge in [0.1, 0.15) is 0 Å². The fraction of sp³-hybridized carbons (Fsp3) is 0. The zero-order valence-corrected chi connectivity index (χ0v) is 11.7. The van der Waals surface area contributed by atoms with E-state index in [1.165, 1.54) is 4.70 Å². The lowest BCUT2D eigenvalue weighted by Gasteiger charge is -1.99. The van der Waals surface area contributed by atoms with Crippen molar-refractivity contribution in [3.05, 3.63) is 36.4 Å². The predicted molar refractivity (Wildman–Crippen MR) is 80.0 cm³/mol. The van der Waals surface area contributed by atoms with Crippen LogP contribution in [0.5, 0.6) is 0 Å². The summed E-state index contributed by atoms with van der Waals surface area (Å²) in [5.41, 5.74) is 8.68. The summed E-state index contributed by atoms with van der Waals surface area (Å²) in [4.78, 5) is 5.53. The van der Waals surface area contributed by atoms with Gasteiger partial charge in [-0.1, -0.05) is 23.9 Å². The van der Waals surface area contributed by atoms with E-state index in [2.05, 4.69) is 21.4 Å². The number of nitrogen functional groups attached to an aromatic ring is 1. The topological polar surface area (TPSA) is 77.8 Å². The summed E-state index contributed by atoms with van der Waals surface area (Å²) in [5.74, 6) is 0. The van der Waals surface area contributed by atoms with Gasteiger partial charge in [-0.3, -0.25) is 0 Å². The van der Waals surface area contributed by atoms with Crippen LogP contribution in [0.25, 0.3) is 21.3 Å². The van der Waals surface area contributed by atoms with E-state index in [0.29, 0.717) is 16.7 Å². The quantitative estimate of drug-likeness (QED) is 0.570. The van der Waals surface area contributed by atoms with Crippen LogP contribution in [0.1, 0.15) is 0 Å². The molecule has 0 unspecified atom stereocenters. The van der Waals surface area contributed by atoms with Crippen molar-refractivity contribution in [2.24, 2.45) is 0 Å². The van der Waals surface area contributed by atoms with E-state index in [0.717, 1.165) is 14.8 Å². The second-order valence-electron chi connectivity index (χ2n) is 4.16. The molecule has 0 radical (unpaired) electrons. The highest BCUT2D eigenvalue weighted by Crippen LogP contribution is 2.37. The first-order valence-electron chi connectivity index (χ1n) is 5.85. The zero-order valence-electron chi connectivity index (χ0n) is 10.1. The van der Waals surface area contributed by atoms with Crippen LogP contribution < -0.4 is 5.73 Å². The molecule has 0 fully saturated rings. The predicted octanol–water partition coefficient (Wildman–Crippen LogP) is 3.57. The molecule has 2 heterocycles. The number of nitrogens with two attached hydrogens (primary N) is 1. The first-order valence-corrected chi connectivity index (χ1v) is 7.49. The van der Waals surface area contributed by atoms with Gasteiger partial charge in [0.15, 0.2) is 15.4 Å². The number of hydrogen-bond acceptors (Lipinski definition) is 7. The third kappa shape index (κ3) is 1.83. The molecule has 0 aliphatic rings. The van der Waals surface area contributed by atoms with Crippen molar-refractivity contribution in [1.82, 2.24) is 15.3 Å². The zero-order chi connectivity index (χ0) is 13.5. The molecule has 0 saturated heterocycles. The number of thiazole rings is 1. The minimum Gasteiger partial charge on any atom is -0.397 e. The highest BCUT2D eigenvalue weighted by atomic mass is 32.2. The Labute approximate surface area is 121 Å². The molecule has 20 heavy (non-hydrogen) atoms. The summed E-state index contributed by atoms with van der Waals surface area (Å²) >= 11 is 3.19. The van der Waals surface area contributed by atoms with Gasteiger partial charge in [-0.05, 0) is 34.6 Å². The molecule has 0 aliphatic carbocycles. The molecule has 4 rings (SSSR count). The van der Waals surface area contributed by atoms with Gasteiger partial charge < -0.3 is 5.73 Å². The highest BCUT2D eigenvalue weighted by molar-refractivity contribution is 8.01. The average Bonchev–Trinajstić information content (AvgIpc) is 3.08. The molecule has 0 spiro atoms. The van der Waals surface area contributed by atoms with E-state index in [1.54, 1.807) is 23.1 Å². The Balaban J connectivity index is 1.80. The van der Waals surface area contributed by atoms with Crippen molar-refractivity contribution in [1.29, 1.82) is 0 Å². The van der Waals surface area contributed by atoms with Gasteiger partial charge in [-0.15, -0.1) is 11.3 Å². The first-order chi connectivity index (χ1) is 9.81. The molecule has 98 valence electrons. The van der Waals surface area contributed by atoms with Crippen LogP contribution in [0.2, 0.25) is 0 Å². The smallest absolute Gasteiger partial charge is 0.159 e. The second kappa shape index (κ2) is 4.46. The van der Waals surface area contributed by atoms with E-state index < -0.39 is 0 Å². The third-order valence-electron chi connectivity index (χ3n) is 2.88. The van der Waals surface area contributed by atoms with Crippen LogP contribution in [0.15, 0.2) is 50.3 Å². The number of hydrogen-bond donors (Lipinski definition) is 1. The SMILES string of the molecule is Nc1ccc(Sc2nc3ccccc3s2)c2nonc12. The van der Waals surface area contributed by atoms with E-state index in [-0.39, 0.29) is 0 Å². The molecule has 0 bridgehead atoms. The summed E-state index contributed by atoms with van der Waals surface area (Å²) in [6, 6.07) is 11.8. The van der Waals surface area contributed by atoms with Crippen molar-refractivity contribution >= 4 is 50.0 Å². The Hall–Kier alpha value is -2.12. The van der Waals surface area contributed by atoms with E-state index in [1.807, 2.05) is 30.3 Å². The minimum atomic E-state index is 0.565. The number of rotatable bonds is 2. The van der Waals surface area contributed by atoms with Gasteiger partial charge in [0.2, 0.25) is 0 Å². The lowest BCUT2D eigenvalue weighted by Crippen LogP contribution is -1.87. The Morgan fingerprint density at radius 3 is 2.80 bits per heavy atom. The van der Waals surface area contributed by atoms with Crippen molar-refractivity contribution in [2.45, 2.75) is 9.24 Å². The van der Waals surface area contributed by atoms with Crippen LogP contribution in [-0.2, 0) is 0 Å². The number of para-hydroxylation sites is 1. The Bertz CT molecular complexity index is 882. The van der Waals surface area contributed by atoms with Gasteiger partial charge in [0, 0.05) is 4.90 Å². The second-order valence-corrected chi connectivity index (χ2v) is 6.48. The maximum absolute atomic E-state index is 5.84. The number of fused-ring (bicyclic) bond motifs is 2. The Morgan fingerprint density at radius 1 is 1.05 bits per heavy atom. The largest absolute Gasteiger partial charge is 0.397 e. The minimum absolute atomic E-state index is 0.565.